The van der Waals surface area contributed by atoms with E-state index in [-0.39, 0.29) is 29.5 Å². The van der Waals surface area contributed by atoms with Gasteiger partial charge in [-0.25, -0.2) is 0 Å². The number of carbonyl (C=O) groups is 2. The molecule has 0 aromatic heterocycles. The zero-order chi connectivity index (χ0) is 22.0. The van der Waals surface area contributed by atoms with Gasteiger partial charge in [-0.05, 0) is 56.4 Å². The van der Waals surface area contributed by atoms with Gasteiger partial charge in [-0.1, -0.05) is 12.1 Å². The Morgan fingerprint density at radius 3 is 2.39 bits per heavy atom. The van der Waals surface area contributed by atoms with Crippen LogP contribution in [0.1, 0.15) is 54.6 Å². The number of nitrogens with one attached hydrogen (secondary N) is 2. The van der Waals surface area contributed by atoms with Crippen LogP contribution in [0.5, 0.6) is 0 Å². The number of nitro groups is 1. The molecule has 31 heavy (non-hydrogen) atoms. The van der Waals surface area contributed by atoms with Crippen molar-refractivity contribution in [1.29, 1.82) is 0 Å². The maximum atomic E-state index is 13.1. The minimum atomic E-state index is -0.484. The highest BCUT2D eigenvalue weighted by atomic mass is 16.6. The number of hydrogen-bond donors (Lipinski definition) is 2. The summed E-state index contributed by atoms with van der Waals surface area (Å²) in [7, 11) is 0. The van der Waals surface area contributed by atoms with Crippen LogP contribution in [0.25, 0.3) is 0 Å². The number of rotatable bonds is 7. The number of nitrogens with zero attached hydrogens (tertiary/aromatic N) is 2. The maximum absolute atomic E-state index is 13.1. The van der Waals surface area contributed by atoms with Crippen molar-refractivity contribution in [1.82, 2.24) is 5.32 Å². The standard InChI is InChI=1S/C23H26N4O4/c1-15(16-6-8-18(9-7-16)25-22(28)17-4-5-17)24-23(29)20-14-19(27(30)31)10-11-21(20)26-12-2-3-13-26/h6-11,14-15,17H,2-5,12-13H2,1H3,(H,24,29)(H,25,28). The Bertz CT molecular complexity index is 995. The fraction of sp³-hybridized carbons (Fsp3) is 0.391. The van der Waals surface area contributed by atoms with Crippen LogP contribution in [0.3, 0.4) is 0 Å². The number of hydrogen-bond acceptors (Lipinski definition) is 5. The van der Waals surface area contributed by atoms with Gasteiger partial charge in [0, 0.05) is 36.8 Å². The van der Waals surface area contributed by atoms with Crippen LogP contribution in [0.15, 0.2) is 42.5 Å². The molecule has 2 amide bonds. The summed E-state index contributed by atoms with van der Waals surface area (Å²) in [6, 6.07) is 11.5. The largest absolute Gasteiger partial charge is 0.371 e. The predicted molar refractivity (Wildman–Crippen MR) is 118 cm³/mol. The molecule has 0 spiro atoms. The van der Waals surface area contributed by atoms with Crippen molar-refractivity contribution >= 4 is 28.9 Å². The molecule has 1 saturated carbocycles. The number of anilines is 2. The molecule has 0 radical (unpaired) electrons. The lowest BCUT2D eigenvalue weighted by Gasteiger charge is -2.22. The number of nitro benzene ring substituents is 1. The monoisotopic (exact) mass is 422 g/mol. The Kier molecular flexibility index (Phi) is 5.88. The van der Waals surface area contributed by atoms with E-state index in [4.69, 9.17) is 0 Å². The Morgan fingerprint density at radius 2 is 1.77 bits per heavy atom. The second kappa shape index (κ2) is 8.75. The van der Waals surface area contributed by atoms with Crippen molar-refractivity contribution in [2.24, 2.45) is 5.92 Å². The van der Waals surface area contributed by atoms with E-state index in [9.17, 15) is 19.7 Å². The third-order valence-electron chi connectivity index (χ3n) is 5.86. The average molecular weight is 422 g/mol. The van der Waals surface area contributed by atoms with E-state index >= 15 is 0 Å². The molecule has 1 aliphatic carbocycles. The second-order valence-corrected chi connectivity index (χ2v) is 8.23. The molecule has 0 bridgehead atoms. The number of amides is 2. The van der Waals surface area contributed by atoms with Crippen LogP contribution in [0, 0.1) is 16.0 Å². The highest BCUT2D eigenvalue weighted by Crippen LogP contribution is 2.31. The summed E-state index contributed by atoms with van der Waals surface area (Å²) in [6.07, 6.45) is 3.98. The molecular formula is C23H26N4O4. The van der Waals surface area contributed by atoms with E-state index in [1.165, 1.54) is 12.1 Å². The Balaban J connectivity index is 1.48. The van der Waals surface area contributed by atoms with Gasteiger partial charge in [-0.3, -0.25) is 19.7 Å². The van der Waals surface area contributed by atoms with E-state index in [1.807, 2.05) is 31.2 Å². The van der Waals surface area contributed by atoms with Crippen LogP contribution in [-0.2, 0) is 4.79 Å². The second-order valence-electron chi connectivity index (χ2n) is 8.23. The van der Waals surface area contributed by atoms with Crippen molar-refractivity contribution in [2.75, 3.05) is 23.3 Å². The van der Waals surface area contributed by atoms with Crippen molar-refractivity contribution in [3.8, 4) is 0 Å². The van der Waals surface area contributed by atoms with Crippen LogP contribution in [-0.4, -0.2) is 29.8 Å². The third kappa shape index (κ3) is 4.84. The van der Waals surface area contributed by atoms with Gasteiger partial charge < -0.3 is 15.5 Å². The third-order valence-corrected chi connectivity index (χ3v) is 5.86. The summed E-state index contributed by atoms with van der Waals surface area (Å²) in [5.41, 5.74) is 2.55. The Hall–Kier alpha value is -3.42. The molecule has 1 heterocycles. The molecule has 2 aliphatic rings. The lowest BCUT2D eigenvalue weighted by Crippen LogP contribution is -2.29. The smallest absolute Gasteiger partial charge is 0.270 e. The van der Waals surface area contributed by atoms with E-state index in [0.717, 1.165) is 55.7 Å². The zero-order valence-corrected chi connectivity index (χ0v) is 17.5. The molecule has 2 aromatic rings. The van der Waals surface area contributed by atoms with E-state index in [0.29, 0.717) is 5.56 Å². The maximum Gasteiger partial charge on any atom is 0.270 e. The molecule has 8 nitrogen and oxygen atoms in total. The van der Waals surface area contributed by atoms with Gasteiger partial charge in [0.2, 0.25) is 5.91 Å². The minimum Gasteiger partial charge on any atom is -0.371 e. The van der Waals surface area contributed by atoms with Crippen molar-refractivity contribution in [2.45, 2.75) is 38.6 Å². The molecule has 1 aliphatic heterocycles. The predicted octanol–water partition coefficient (Wildman–Crippen LogP) is 4.03. The van der Waals surface area contributed by atoms with Crippen LogP contribution < -0.4 is 15.5 Å². The molecule has 1 saturated heterocycles. The summed E-state index contributed by atoms with van der Waals surface area (Å²) in [5, 5.41) is 17.1. The van der Waals surface area contributed by atoms with Crippen LogP contribution in [0.2, 0.25) is 0 Å². The Morgan fingerprint density at radius 1 is 1.10 bits per heavy atom. The van der Waals surface area contributed by atoms with Gasteiger partial charge in [-0.2, -0.15) is 0 Å². The van der Waals surface area contributed by atoms with Crippen molar-refractivity contribution < 1.29 is 14.5 Å². The highest BCUT2D eigenvalue weighted by Gasteiger charge is 2.29. The summed E-state index contributed by atoms with van der Waals surface area (Å²) >= 11 is 0. The number of carbonyl (C=O) groups excluding carboxylic acids is 2. The first-order valence-electron chi connectivity index (χ1n) is 10.7. The van der Waals surface area contributed by atoms with Gasteiger partial charge in [0.25, 0.3) is 11.6 Å². The highest BCUT2D eigenvalue weighted by molar-refractivity contribution is 6.00. The molecule has 2 aromatic carbocycles. The van der Waals surface area contributed by atoms with Gasteiger partial charge >= 0.3 is 0 Å². The first kappa shape index (κ1) is 20.8. The fourth-order valence-electron chi connectivity index (χ4n) is 3.86. The lowest BCUT2D eigenvalue weighted by atomic mass is 10.1. The fourth-order valence-corrected chi connectivity index (χ4v) is 3.86. The molecule has 1 unspecified atom stereocenters. The molecule has 2 N–H and O–H groups in total. The van der Waals surface area contributed by atoms with E-state index < -0.39 is 4.92 Å². The Labute approximate surface area is 180 Å². The molecule has 162 valence electrons. The van der Waals surface area contributed by atoms with Crippen LogP contribution >= 0.6 is 0 Å². The van der Waals surface area contributed by atoms with Gasteiger partial charge in [-0.15, -0.1) is 0 Å². The number of benzene rings is 2. The minimum absolute atomic E-state index is 0.0502. The molecule has 1 atom stereocenters. The van der Waals surface area contributed by atoms with Gasteiger partial charge in [0.05, 0.1) is 22.2 Å². The summed E-state index contributed by atoms with van der Waals surface area (Å²) < 4.78 is 0. The topological polar surface area (TPSA) is 105 Å². The first-order chi connectivity index (χ1) is 14.9. The normalized spacial score (nSPS) is 16.6. The van der Waals surface area contributed by atoms with E-state index in [1.54, 1.807) is 6.07 Å². The molecule has 4 rings (SSSR count). The first-order valence-corrected chi connectivity index (χ1v) is 10.7. The lowest BCUT2D eigenvalue weighted by molar-refractivity contribution is -0.384. The zero-order valence-electron chi connectivity index (χ0n) is 17.5. The average Bonchev–Trinajstić information content (AvgIpc) is 3.48. The van der Waals surface area contributed by atoms with Gasteiger partial charge in [0.1, 0.15) is 0 Å². The van der Waals surface area contributed by atoms with E-state index in [2.05, 4.69) is 15.5 Å². The summed E-state index contributed by atoms with van der Waals surface area (Å²) in [5.74, 6) is -0.156. The summed E-state index contributed by atoms with van der Waals surface area (Å²) in [4.78, 5) is 37.8. The molecular weight excluding hydrogens is 396 g/mol. The number of non-ortho nitro benzene ring substituents is 1. The van der Waals surface area contributed by atoms with Crippen LogP contribution in [0.4, 0.5) is 17.1 Å². The SMILES string of the molecule is CC(NC(=O)c1cc([N+](=O)[O-])ccc1N1CCCC1)c1ccc(NC(=O)C2CC2)cc1. The molecule has 8 heteroatoms. The quantitative estimate of drug-likeness (QED) is 0.518. The van der Waals surface area contributed by atoms with Crippen molar-refractivity contribution in [3.63, 3.8) is 0 Å². The summed E-state index contributed by atoms with van der Waals surface area (Å²) in [6.45, 7) is 3.53. The molecule has 2 fully saturated rings. The van der Waals surface area contributed by atoms with Crippen molar-refractivity contribution in [3.05, 3.63) is 63.7 Å². The van der Waals surface area contributed by atoms with Gasteiger partial charge in [0.15, 0.2) is 0 Å².